The molecule has 0 fully saturated rings. The van der Waals surface area contributed by atoms with Gasteiger partial charge in [-0.2, -0.15) is 0 Å². The number of nitrogens with zero attached hydrogens (tertiary/aromatic N) is 2. The van der Waals surface area contributed by atoms with Gasteiger partial charge in [0.1, 0.15) is 0 Å². The first-order valence-corrected chi connectivity index (χ1v) is 8.66. The Labute approximate surface area is 146 Å². The Morgan fingerprint density at radius 3 is 2.42 bits per heavy atom. The summed E-state index contributed by atoms with van der Waals surface area (Å²) in [5.41, 5.74) is 1.32. The number of carbonyl (C=O) groups excluding carboxylic acids is 1. The molecule has 0 saturated heterocycles. The number of amides is 1. The quantitative estimate of drug-likeness (QED) is 0.517. The second-order valence-electron chi connectivity index (χ2n) is 6.13. The minimum absolute atomic E-state index is 0.169. The van der Waals surface area contributed by atoms with E-state index in [9.17, 15) is 4.79 Å². The zero-order chi connectivity index (χ0) is 17.6. The minimum Gasteiger partial charge on any atom is -0.382 e. The Hall–Kier alpha value is -1.43. The third-order valence-electron chi connectivity index (χ3n) is 3.80. The van der Waals surface area contributed by atoms with Crippen molar-refractivity contribution in [3.63, 3.8) is 0 Å². The molecule has 0 aliphatic heterocycles. The highest BCUT2D eigenvalue weighted by Gasteiger charge is 2.13. The average Bonchev–Trinajstić information content (AvgIpc) is 2.58. The predicted molar refractivity (Wildman–Crippen MR) is 97.2 cm³/mol. The molecule has 1 aromatic carbocycles. The molecule has 5 nitrogen and oxygen atoms in total. The van der Waals surface area contributed by atoms with E-state index in [0.29, 0.717) is 26.2 Å². The molecule has 0 radical (unpaired) electrons. The van der Waals surface area contributed by atoms with Gasteiger partial charge in [-0.25, -0.2) is 0 Å². The average molecular weight is 336 g/mol. The van der Waals surface area contributed by atoms with Crippen LogP contribution in [-0.2, 0) is 20.7 Å². The molecule has 0 aliphatic carbocycles. The van der Waals surface area contributed by atoms with Gasteiger partial charge in [-0.3, -0.25) is 4.79 Å². The SMILES string of the molecule is COCCOCCC(=O)N(CCCc1ccccc1)CCN(C)C. The smallest absolute Gasteiger partial charge is 0.224 e. The van der Waals surface area contributed by atoms with E-state index in [-0.39, 0.29) is 5.91 Å². The Morgan fingerprint density at radius 1 is 1.00 bits per heavy atom. The lowest BCUT2D eigenvalue weighted by Crippen LogP contribution is -2.38. The van der Waals surface area contributed by atoms with Gasteiger partial charge in [0.2, 0.25) is 5.91 Å². The van der Waals surface area contributed by atoms with E-state index in [1.54, 1.807) is 7.11 Å². The summed E-state index contributed by atoms with van der Waals surface area (Å²) in [5.74, 6) is 0.169. The van der Waals surface area contributed by atoms with Crippen molar-refractivity contribution in [3.05, 3.63) is 35.9 Å². The molecule has 1 aromatic rings. The van der Waals surface area contributed by atoms with E-state index in [1.165, 1.54) is 5.56 Å². The van der Waals surface area contributed by atoms with Gasteiger partial charge in [0, 0.05) is 26.7 Å². The zero-order valence-corrected chi connectivity index (χ0v) is 15.4. The predicted octanol–water partition coefficient (Wildman–Crippen LogP) is 2.06. The number of methoxy groups -OCH3 is 1. The van der Waals surface area contributed by atoms with Crippen molar-refractivity contribution >= 4 is 5.91 Å². The van der Waals surface area contributed by atoms with E-state index < -0.39 is 0 Å². The molecule has 0 aromatic heterocycles. The first-order valence-electron chi connectivity index (χ1n) is 8.66. The molecule has 1 rings (SSSR count). The first kappa shape index (κ1) is 20.6. The number of hydrogen-bond acceptors (Lipinski definition) is 4. The minimum atomic E-state index is 0.169. The van der Waals surface area contributed by atoms with Crippen molar-refractivity contribution < 1.29 is 14.3 Å². The number of aryl methyl sites for hydroxylation is 1. The van der Waals surface area contributed by atoms with Crippen LogP contribution >= 0.6 is 0 Å². The number of rotatable bonds is 13. The molecular formula is C19H32N2O3. The normalized spacial score (nSPS) is 11.0. The monoisotopic (exact) mass is 336 g/mol. The van der Waals surface area contributed by atoms with E-state index in [0.717, 1.165) is 32.5 Å². The van der Waals surface area contributed by atoms with Crippen molar-refractivity contribution in [2.24, 2.45) is 0 Å². The van der Waals surface area contributed by atoms with Crippen LogP contribution in [0.4, 0.5) is 0 Å². The van der Waals surface area contributed by atoms with Gasteiger partial charge in [0.25, 0.3) is 0 Å². The summed E-state index contributed by atoms with van der Waals surface area (Å²) in [6.45, 7) is 3.99. The highest BCUT2D eigenvalue weighted by molar-refractivity contribution is 5.76. The standard InChI is InChI=1S/C19H32N2O3/c1-20(2)13-14-21(19(22)11-15-24-17-16-23-3)12-7-10-18-8-5-4-6-9-18/h4-6,8-9H,7,10-17H2,1-3H3. The third kappa shape index (κ3) is 9.65. The third-order valence-corrected chi connectivity index (χ3v) is 3.80. The van der Waals surface area contributed by atoms with Crippen molar-refractivity contribution in [2.75, 3.05) is 60.7 Å². The van der Waals surface area contributed by atoms with Crippen molar-refractivity contribution in [2.45, 2.75) is 19.3 Å². The topological polar surface area (TPSA) is 42.0 Å². The lowest BCUT2D eigenvalue weighted by molar-refractivity contribution is -0.132. The van der Waals surface area contributed by atoms with Crippen LogP contribution in [0.3, 0.4) is 0 Å². The number of ether oxygens (including phenoxy) is 2. The number of carbonyl (C=O) groups is 1. The van der Waals surface area contributed by atoms with Gasteiger partial charge in [0.15, 0.2) is 0 Å². The molecule has 0 N–H and O–H groups in total. The lowest BCUT2D eigenvalue weighted by Gasteiger charge is -2.24. The Kier molecular flexibility index (Phi) is 11.1. The first-order chi connectivity index (χ1) is 11.6. The van der Waals surface area contributed by atoms with Crippen LogP contribution in [0, 0.1) is 0 Å². The molecule has 1 amide bonds. The van der Waals surface area contributed by atoms with Crippen molar-refractivity contribution in [1.82, 2.24) is 9.80 Å². The summed E-state index contributed by atoms with van der Waals surface area (Å²) in [6.07, 6.45) is 2.41. The summed E-state index contributed by atoms with van der Waals surface area (Å²) in [5, 5.41) is 0. The Morgan fingerprint density at radius 2 is 1.75 bits per heavy atom. The molecule has 0 aliphatic rings. The molecular weight excluding hydrogens is 304 g/mol. The summed E-state index contributed by atoms with van der Waals surface area (Å²) in [7, 11) is 5.70. The van der Waals surface area contributed by atoms with Gasteiger partial charge in [-0.1, -0.05) is 30.3 Å². The second-order valence-corrected chi connectivity index (χ2v) is 6.13. The van der Waals surface area contributed by atoms with Crippen LogP contribution < -0.4 is 0 Å². The lowest BCUT2D eigenvalue weighted by atomic mass is 10.1. The number of likely N-dealkylation sites (N-methyl/N-ethyl adjacent to an activating group) is 1. The largest absolute Gasteiger partial charge is 0.382 e. The molecule has 5 heteroatoms. The number of benzene rings is 1. The van der Waals surface area contributed by atoms with Gasteiger partial charge in [-0.05, 0) is 32.5 Å². The Balaban J connectivity index is 2.36. The fraction of sp³-hybridized carbons (Fsp3) is 0.632. The molecule has 136 valence electrons. The molecule has 0 atom stereocenters. The van der Waals surface area contributed by atoms with Crippen molar-refractivity contribution in [1.29, 1.82) is 0 Å². The maximum Gasteiger partial charge on any atom is 0.224 e. The number of hydrogen-bond donors (Lipinski definition) is 0. The van der Waals surface area contributed by atoms with Crippen LogP contribution in [0.25, 0.3) is 0 Å². The van der Waals surface area contributed by atoms with Gasteiger partial charge >= 0.3 is 0 Å². The van der Waals surface area contributed by atoms with Gasteiger partial charge in [-0.15, -0.1) is 0 Å². The van der Waals surface area contributed by atoms with Crippen LogP contribution in [0.5, 0.6) is 0 Å². The second kappa shape index (κ2) is 12.9. The summed E-state index contributed by atoms with van der Waals surface area (Å²) < 4.78 is 10.3. The van der Waals surface area contributed by atoms with E-state index in [1.807, 2.05) is 25.1 Å². The van der Waals surface area contributed by atoms with Crippen LogP contribution in [0.1, 0.15) is 18.4 Å². The van der Waals surface area contributed by atoms with Crippen molar-refractivity contribution in [3.8, 4) is 0 Å². The Bertz CT molecular complexity index is 437. The molecule has 0 spiro atoms. The molecule has 24 heavy (non-hydrogen) atoms. The molecule has 0 saturated carbocycles. The summed E-state index contributed by atoms with van der Waals surface area (Å²) >= 11 is 0. The fourth-order valence-corrected chi connectivity index (χ4v) is 2.36. The maximum absolute atomic E-state index is 12.4. The zero-order valence-electron chi connectivity index (χ0n) is 15.4. The van der Waals surface area contributed by atoms with Crippen LogP contribution in [-0.4, -0.2) is 76.4 Å². The fourth-order valence-electron chi connectivity index (χ4n) is 2.36. The highest BCUT2D eigenvalue weighted by atomic mass is 16.5. The molecule has 0 heterocycles. The van der Waals surface area contributed by atoms with Crippen LogP contribution in [0.2, 0.25) is 0 Å². The molecule has 0 bridgehead atoms. The van der Waals surface area contributed by atoms with Gasteiger partial charge < -0.3 is 19.3 Å². The molecule has 0 unspecified atom stereocenters. The van der Waals surface area contributed by atoms with E-state index in [4.69, 9.17) is 9.47 Å². The van der Waals surface area contributed by atoms with Gasteiger partial charge in [0.05, 0.1) is 26.2 Å². The maximum atomic E-state index is 12.4. The highest BCUT2D eigenvalue weighted by Crippen LogP contribution is 2.05. The summed E-state index contributed by atoms with van der Waals surface area (Å²) in [6, 6.07) is 10.4. The van der Waals surface area contributed by atoms with E-state index >= 15 is 0 Å². The van der Waals surface area contributed by atoms with Crippen LogP contribution in [0.15, 0.2) is 30.3 Å². The van der Waals surface area contributed by atoms with E-state index in [2.05, 4.69) is 29.2 Å². The summed E-state index contributed by atoms with van der Waals surface area (Å²) in [4.78, 5) is 16.5.